The van der Waals surface area contributed by atoms with E-state index in [0.29, 0.717) is 38.9 Å². The second-order valence-corrected chi connectivity index (χ2v) is 7.25. The normalized spacial score (nSPS) is 31.9. The Morgan fingerprint density at radius 1 is 1.22 bits per heavy atom. The first-order valence-electron chi connectivity index (χ1n) is 8.25. The molecular weight excluding hydrogens is 295 g/mol. The van der Waals surface area contributed by atoms with Crippen LogP contribution in [0.2, 0.25) is 0 Å². The van der Waals surface area contributed by atoms with Crippen molar-refractivity contribution in [2.75, 3.05) is 26.7 Å². The Kier molecular flexibility index (Phi) is 3.06. The fraction of sp³-hybridized carbons (Fsp3) is 0.556. The Labute approximate surface area is 135 Å². The van der Waals surface area contributed by atoms with Crippen molar-refractivity contribution in [3.05, 3.63) is 35.9 Å². The summed E-state index contributed by atoms with van der Waals surface area (Å²) in [5.41, 5.74) is -1.11. The van der Waals surface area contributed by atoms with Crippen LogP contribution in [0.4, 0.5) is 4.39 Å². The number of rotatable bonds is 2. The number of hydrogen-bond acceptors (Lipinski definition) is 2. The van der Waals surface area contributed by atoms with Crippen LogP contribution < -0.4 is 0 Å². The predicted octanol–water partition coefficient (Wildman–Crippen LogP) is 1.96. The van der Waals surface area contributed by atoms with Gasteiger partial charge in [0.15, 0.2) is 5.67 Å². The summed E-state index contributed by atoms with van der Waals surface area (Å²) in [4.78, 5) is 28.5. The van der Waals surface area contributed by atoms with Crippen molar-refractivity contribution in [1.29, 1.82) is 0 Å². The standard InChI is InChI=1S/C18H21FN2O2/c1-20-11-14(13-5-3-2-4-6-13)17(15(20)22)9-10-21(12-17)16(23)18(19)7-8-18/h2-6,14H,7-12H2,1H3/t14-,17+/m0/s1. The number of amides is 2. The van der Waals surface area contributed by atoms with E-state index >= 15 is 0 Å². The van der Waals surface area contributed by atoms with Crippen LogP contribution in [0.25, 0.3) is 0 Å². The van der Waals surface area contributed by atoms with Crippen LogP contribution in [0.15, 0.2) is 30.3 Å². The van der Waals surface area contributed by atoms with E-state index in [2.05, 4.69) is 0 Å². The first-order valence-corrected chi connectivity index (χ1v) is 8.25. The third kappa shape index (κ3) is 2.09. The Balaban J connectivity index is 1.65. The lowest BCUT2D eigenvalue weighted by Gasteiger charge is -2.29. The molecule has 0 unspecified atom stereocenters. The zero-order chi connectivity index (χ0) is 16.2. The molecule has 122 valence electrons. The van der Waals surface area contributed by atoms with E-state index in [0.717, 1.165) is 5.56 Å². The third-order valence-electron chi connectivity index (χ3n) is 5.76. The van der Waals surface area contributed by atoms with Gasteiger partial charge in [-0.05, 0) is 24.8 Å². The predicted molar refractivity (Wildman–Crippen MR) is 83.5 cm³/mol. The smallest absolute Gasteiger partial charge is 0.260 e. The molecule has 2 heterocycles. The molecule has 1 spiro atoms. The number of likely N-dealkylation sites (N-methyl/N-ethyl adjacent to an activating group) is 1. The summed E-state index contributed by atoms with van der Waals surface area (Å²) in [6.45, 7) is 1.49. The van der Waals surface area contributed by atoms with E-state index in [1.807, 2.05) is 37.4 Å². The Morgan fingerprint density at radius 2 is 1.91 bits per heavy atom. The van der Waals surface area contributed by atoms with Gasteiger partial charge in [-0.2, -0.15) is 0 Å². The molecule has 1 aromatic carbocycles. The van der Waals surface area contributed by atoms with Gasteiger partial charge in [-0.15, -0.1) is 0 Å². The van der Waals surface area contributed by atoms with Crippen molar-refractivity contribution in [1.82, 2.24) is 9.80 Å². The van der Waals surface area contributed by atoms with Crippen molar-refractivity contribution in [3.8, 4) is 0 Å². The summed E-state index contributed by atoms with van der Waals surface area (Å²) in [7, 11) is 1.81. The quantitative estimate of drug-likeness (QED) is 0.837. The fourth-order valence-corrected chi connectivity index (χ4v) is 4.24. The highest BCUT2D eigenvalue weighted by atomic mass is 19.1. The lowest BCUT2D eigenvalue weighted by Crippen LogP contribution is -2.42. The summed E-state index contributed by atoms with van der Waals surface area (Å²) in [6.07, 6.45) is 1.27. The molecule has 1 saturated carbocycles. The highest BCUT2D eigenvalue weighted by molar-refractivity contribution is 5.91. The minimum atomic E-state index is -1.65. The number of carbonyl (C=O) groups is 2. The average molecular weight is 316 g/mol. The lowest BCUT2D eigenvalue weighted by atomic mass is 9.73. The van der Waals surface area contributed by atoms with Crippen LogP contribution >= 0.6 is 0 Å². The molecule has 0 N–H and O–H groups in total. The summed E-state index contributed by atoms with van der Waals surface area (Å²) >= 11 is 0. The van der Waals surface area contributed by atoms with Gasteiger partial charge < -0.3 is 9.80 Å². The molecule has 2 aliphatic heterocycles. The molecule has 2 amide bonds. The number of carbonyl (C=O) groups excluding carboxylic acids is 2. The van der Waals surface area contributed by atoms with Gasteiger partial charge in [-0.25, -0.2) is 4.39 Å². The molecule has 0 aromatic heterocycles. The van der Waals surface area contributed by atoms with Gasteiger partial charge in [-0.3, -0.25) is 9.59 Å². The minimum absolute atomic E-state index is 0.0637. The number of benzene rings is 1. The molecule has 2 saturated heterocycles. The fourth-order valence-electron chi connectivity index (χ4n) is 4.24. The number of likely N-dealkylation sites (tertiary alicyclic amines) is 2. The number of hydrogen-bond donors (Lipinski definition) is 0. The number of halogens is 1. The Hall–Kier alpha value is -1.91. The van der Waals surface area contributed by atoms with Gasteiger partial charge in [0.25, 0.3) is 5.91 Å². The Morgan fingerprint density at radius 3 is 2.57 bits per heavy atom. The molecule has 4 nitrogen and oxygen atoms in total. The van der Waals surface area contributed by atoms with Crippen molar-refractivity contribution in [2.45, 2.75) is 30.8 Å². The van der Waals surface area contributed by atoms with Crippen molar-refractivity contribution in [3.63, 3.8) is 0 Å². The van der Waals surface area contributed by atoms with E-state index in [4.69, 9.17) is 0 Å². The molecule has 1 aliphatic carbocycles. The molecule has 0 bridgehead atoms. The maximum atomic E-state index is 14.1. The molecule has 2 atom stereocenters. The van der Waals surface area contributed by atoms with E-state index < -0.39 is 17.0 Å². The average Bonchev–Trinajstić information content (AvgIpc) is 3.08. The van der Waals surface area contributed by atoms with E-state index in [1.165, 1.54) is 0 Å². The first-order chi connectivity index (χ1) is 11.0. The van der Waals surface area contributed by atoms with Crippen LogP contribution in [0.1, 0.15) is 30.7 Å². The zero-order valence-corrected chi connectivity index (χ0v) is 13.3. The van der Waals surface area contributed by atoms with Gasteiger partial charge in [0.05, 0.1) is 5.41 Å². The van der Waals surface area contributed by atoms with E-state index in [-0.39, 0.29) is 11.8 Å². The molecule has 3 aliphatic rings. The van der Waals surface area contributed by atoms with Crippen LogP contribution in [0, 0.1) is 5.41 Å². The molecular formula is C18H21FN2O2. The molecule has 0 radical (unpaired) electrons. The van der Waals surface area contributed by atoms with E-state index in [9.17, 15) is 14.0 Å². The van der Waals surface area contributed by atoms with Crippen LogP contribution in [-0.4, -0.2) is 54.0 Å². The SMILES string of the molecule is CN1C[C@@H](c2ccccc2)[C@]2(CCN(C(=O)C3(F)CC3)C2)C1=O. The van der Waals surface area contributed by atoms with Gasteiger partial charge in [-0.1, -0.05) is 30.3 Å². The first kappa shape index (κ1) is 14.7. The van der Waals surface area contributed by atoms with Gasteiger partial charge in [0.2, 0.25) is 5.91 Å². The van der Waals surface area contributed by atoms with Crippen LogP contribution in [-0.2, 0) is 9.59 Å². The Bertz CT molecular complexity index is 658. The second kappa shape index (κ2) is 4.79. The third-order valence-corrected chi connectivity index (χ3v) is 5.76. The largest absolute Gasteiger partial charge is 0.345 e. The van der Waals surface area contributed by atoms with Crippen molar-refractivity contribution < 1.29 is 14.0 Å². The summed E-state index contributed by atoms with van der Waals surface area (Å²) in [5.74, 6) is -0.261. The summed E-state index contributed by atoms with van der Waals surface area (Å²) in [5, 5.41) is 0. The minimum Gasteiger partial charge on any atom is -0.345 e. The van der Waals surface area contributed by atoms with Crippen molar-refractivity contribution >= 4 is 11.8 Å². The van der Waals surface area contributed by atoms with Crippen LogP contribution in [0.3, 0.4) is 0 Å². The molecule has 3 fully saturated rings. The van der Waals surface area contributed by atoms with Gasteiger partial charge in [0.1, 0.15) is 0 Å². The molecule has 5 heteroatoms. The highest BCUT2D eigenvalue weighted by Gasteiger charge is 2.60. The van der Waals surface area contributed by atoms with Crippen molar-refractivity contribution in [2.24, 2.45) is 5.41 Å². The summed E-state index contributed by atoms with van der Waals surface area (Å²) in [6, 6.07) is 10.00. The molecule has 4 rings (SSSR count). The second-order valence-electron chi connectivity index (χ2n) is 7.25. The zero-order valence-electron chi connectivity index (χ0n) is 13.3. The maximum absolute atomic E-state index is 14.1. The van der Waals surface area contributed by atoms with Crippen LogP contribution in [0.5, 0.6) is 0 Å². The summed E-state index contributed by atoms with van der Waals surface area (Å²) < 4.78 is 14.1. The monoisotopic (exact) mass is 316 g/mol. The van der Waals surface area contributed by atoms with E-state index in [1.54, 1.807) is 9.80 Å². The number of alkyl halides is 1. The topological polar surface area (TPSA) is 40.6 Å². The van der Waals surface area contributed by atoms with Gasteiger partial charge >= 0.3 is 0 Å². The number of nitrogens with zero attached hydrogens (tertiary/aromatic N) is 2. The molecule has 23 heavy (non-hydrogen) atoms. The van der Waals surface area contributed by atoms with Gasteiger partial charge in [0, 0.05) is 32.6 Å². The molecule has 1 aromatic rings. The lowest BCUT2D eigenvalue weighted by molar-refractivity contribution is -0.139. The highest BCUT2D eigenvalue weighted by Crippen LogP contribution is 2.51. The maximum Gasteiger partial charge on any atom is 0.260 e.